The SMILES string of the molecule is O=C(CN1C(=O)C2C3C=CC(S3)C2C1=O)OC12CCC(CC1)C2. The minimum absolute atomic E-state index is 0.103. The Bertz CT molecular complexity index is 607. The van der Waals surface area contributed by atoms with Crippen molar-refractivity contribution < 1.29 is 19.1 Å². The number of amides is 2. The summed E-state index contributed by atoms with van der Waals surface area (Å²) in [6.07, 6.45) is 9.13. The number of carbonyl (C=O) groups is 3. The molecule has 0 aromatic rings. The topological polar surface area (TPSA) is 63.7 Å². The summed E-state index contributed by atoms with van der Waals surface area (Å²) in [6, 6.07) is 0. The highest BCUT2D eigenvalue weighted by molar-refractivity contribution is 8.01. The molecule has 0 N–H and O–H groups in total. The van der Waals surface area contributed by atoms with E-state index in [1.807, 2.05) is 12.2 Å². The number of hydrogen-bond donors (Lipinski definition) is 0. The largest absolute Gasteiger partial charge is 0.458 e. The molecular formula is C17H19NO4S. The van der Waals surface area contributed by atoms with E-state index < -0.39 is 5.97 Å². The Balaban J connectivity index is 1.29. The van der Waals surface area contributed by atoms with Crippen molar-refractivity contribution in [2.24, 2.45) is 17.8 Å². The normalized spacial score (nSPS) is 46.1. The van der Waals surface area contributed by atoms with Crippen molar-refractivity contribution in [1.82, 2.24) is 4.90 Å². The Morgan fingerprint density at radius 2 is 1.78 bits per heavy atom. The molecular weight excluding hydrogens is 314 g/mol. The van der Waals surface area contributed by atoms with E-state index in [9.17, 15) is 14.4 Å². The zero-order chi connectivity index (χ0) is 15.8. The first kappa shape index (κ1) is 14.1. The van der Waals surface area contributed by atoms with Gasteiger partial charge in [-0.1, -0.05) is 12.2 Å². The maximum atomic E-state index is 12.6. The van der Waals surface area contributed by atoms with Gasteiger partial charge in [0.05, 0.1) is 11.8 Å². The Morgan fingerprint density at radius 3 is 2.30 bits per heavy atom. The van der Waals surface area contributed by atoms with E-state index >= 15 is 0 Å². The van der Waals surface area contributed by atoms with E-state index in [0.717, 1.165) is 37.0 Å². The van der Waals surface area contributed by atoms with Crippen LogP contribution in [0.25, 0.3) is 0 Å². The van der Waals surface area contributed by atoms with Crippen LogP contribution in [0.5, 0.6) is 0 Å². The number of carbonyl (C=O) groups excluding carboxylic acids is 3. The number of hydrogen-bond acceptors (Lipinski definition) is 5. The van der Waals surface area contributed by atoms with E-state index in [-0.39, 0.29) is 46.3 Å². The van der Waals surface area contributed by atoms with Crippen molar-refractivity contribution in [1.29, 1.82) is 0 Å². The minimum atomic E-state index is -0.415. The molecule has 122 valence electrons. The second-order valence-electron chi connectivity index (χ2n) is 7.57. The zero-order valence-corrected chi connectivity index (χ0v) is 13.6. The van der Waals surface area contributed by atoms with Crippen molar-refractivity contribution >= 4 is 29.5 Å². The number of likely N-dealkylation sites (tertiary alicyclic amines) is 1. The van der Waals surface area contributed by atoms with Crippen LogP contribution in [-0.2, 0) is 19.1 Å². The molecule has 2 saturated heterocycles. The van der Waals surface area contributed by atoms with Crippen LogP contribution in [-0.4, -0.2) is 45.3 Å². The molecule has 4 unspecified atom stereocenters. The van der Waals surface area contributed by atoms with Gasteiger partial charge in [0.15, 0.2) is 0 Å². The molecule has 6 heteroatoms. The smallest absolute Gasteiger partial charge is 0.326 e. The van der Waals surface area contributed by atoms with Crippen LogP contribution in [0.15, 0.2) is 12.2 Å². The van der Waals surface area contributed by atoms with E-state index in [2.05, 4.69) is 0 Å². The molecule has 4 atom stereocenters. The van der Waals surface area contributed by atoms with Gasteiger partial charge in [-0.3, -0.25) is 19.3 Å². The summed E-state index contributed by atoms with van der Waals surface area (Å²) in [5.41, 5.74) is -0.306. The summed E-state index contributed by atoms with van der Waals surface area (Å²) in [4.78, 5) is 38.6. The molecule has 2 amide bonds. The fourth-order valence-corrected chi connectivity index (χ4v) is 6.84. The summed E-state index contributed by atoms with van der Waals surface area (Å²) in [5.74, 6) is -0.631. The molecule has 0 aromatic carbocycles. The molecule has 3 aliphatic heterocycles. The molecule has 2 aliphatic carbocycles. The second kappa shape index (κ2) is 4.62. The predicted octanol–water partition coefficient (Wildman–Crippen LogP) is 1.52. The first-order valence-electron chi connectivity index (χ1n) is 8.47. The molecule has 3 heterocycles. The number of rotatable bonds is 3. The summed E-state index contributed by atoms with van der Waals surface area (Å²) in [5, 5.41) is 0.206. The van der Waals surface area contributed by atoms with Crippen LogP contribution in [0.3, 0.4) is 0 Å². The molecule has 2 saturated carbocycles. The molecule has 0 spiro atoms. The highest BCUT2D eigenvalue weighted by Crippen LogP contribution is 2.53. The molecule has 4 bridgehead atoms. The van der Waals surface area contributed by atoms with Crippen LogP contribution in [0.1, 0.15) is 32.1 Å². The zero-order valence-electron chi connectivity index (χ0n) is 12.8. The highest BCUT2D eigenvalue weighted by atomic mass is 32.2. The third-order valence-electron chi connectivity index (χ3n) is 6.30. The Hall–Kier alpha value is -1.30. The third kappa shape index (κ3) is 1.90. The molecule has 5 nitrogen and oxygen atoms in total. The highest BCUT2D eigenvalue weighted by Gasteiger charge is 2.60. The van der Waals surface area contributed by atoms with E-state index in [1.165, 1.54) is 0 Å². The fraction of sp³-hybridized carbons (Fsp3) is 0.706. The first-order chi connectivity index (χ1) is 11.1. The molecule has 23 heavy (non-hydrogen) atoms. The number of thioether (sulfide) groups is 1. The maximum absolute atomic E-state index is 12.6. The number of esters is 1. The number of nitrogens with zero attached hydrogens (tertiary/aromatic N) is 1. The van der Waals surface area contributed by atoms with Gasteiger partial charge in [-0.2, -0.15) is 0 Å². The van der Waals surface area contributed by atoms with E-state index in [4.69, 9.17) is 4.74 Å². The average molecular weight is 333 g/mol. The van der Waals surface area contributed by atoms with Gasteiger partial charge in [-0.25, -0.2) is 0 Å². The van der Waals surface area contributed by atoms with Crippen molar-refractivity contribution in [2.45, 2.75) is 48.2 Å². The molecule has 4 fully saturated rings. The lowest BCUT2D eigenvalue weighted by Crippen LogP contribution is -2.41. The van der Waals surface area contributed by atoms with Crippen molar-refractivity contribution in [3.8, 4) is 0 Å². The lowest BCUT2D eigenvalue weighted by Gasteiger charge is -2.27. The maximum Gasteiger partial charge on any atom is 0.326 e. The van der Waals surface area contributed by atoms with Gasteiger partial charge in [-0.05, 0) is 38.0 Å². The summed E-state index contributed by atoms with van der Waals surface area (Å²) < 4.78 is 5.73. The number of fused-ring (bicyclic) bond motifs is 7. The predicted molar refractivity (Wildman–Crippen MR) is 83.4 cm³/mol. The van der Waals surface area contributed by atoms with E-state index in [0.29, 0.717) is 5.92 Å². The van der Waals surface area contributed by atoms with Crippen molar-refractivity contribution in [3.05, 3.63) is 12.2 Å². The molecule has 5 aliphatic rings. The Kier molecular flexibility index (Phi) is 2.83. The lowest BCUT2D eigenvalue weighted by molar-refractivity contribution is -0.164. The first-order valence-corrected chi connectivity index (χ1v) is 9.41. The van der Waals surface area contributed by atoms with Gasteiger partial charge in [-0.15, -0.1) is 11.8 Å². The Labute approximate surface area is 138 Å². The lowest BCUT2D eigenvalue weighted by atomic mass is 9.85. The standard InChI is InChI=1S/C17H19NO4S/c19-12(22-17-5-3-9(7-17)4-6-17)8-18-15(20)13-10-1-2-11(23-10)14(13)16(18)21/h1-2,9-11,13-14H,3-8H2. The summed E-state index contributed by atoms with van der Waals surface area (Å²) >= 11 is 1.69. The van der Waals surface area contributed by atoms with Crippen LogP contribution in [0.4, 0.5) is 0 Å². The van der Waals surface area contributed by atoms with Crippen LogP contribution in [0.2, 0.25) is 0 Å². The summed E-state index contributed by atoms with van der Waals surface area (Å²) in [7, 11) is 0. The van der Waals surface area contributed by atoms with Crippen molar-refractivity contribution in [2.75, 3.05) is 6.54 Å². The number of ether oxygens (including phenoxy) is 1. The fourth-order valence-electron chi connectivity index (χ4n) is 5.21. The van der Waals surface area contributed by atoms with Gasteiger partial charge in [0.1, 0.15) is 12.1 Å². The van der Waals surface area contributed by atoms with Gasteiger partial charge in [0.2, 0.25) is 11.8 Å². The molecule has 5 rings (SSSR count). The van der Waals surface area contributed by atoms with Crippen LogP contribution in [0, 0.1) is 17.8 Å². The summed E-state index contributed by atoms with van der Waals surface area (Å²) in [6.45, 7) is -0.207. The van der Waals surface area contributed by atoms with Gasteiger partial charge in [0.25, 0.3) is 0 Å². The van der Waals surface area contributed by atoms with Gasteiger partial charge >= 0.3 is 5.97 Å². The third-order valence-corrected chi connectivity index (χ3v) is 7.83. The minimum Gasteiger partial charge on any atom is -0.458 e. The quantitative estimate of drug-likeness (QED) is 0.445. The molecule has 0 aromatic heterocycles. The molecule has 0 radical (unpaired) electrons. The van der Waals surface area contributed by atoms with Crippen LogP contribution < -0.4 is 0 Å². The second-order valence-corrected chi connectivity index (χ2v) is 8.93. The van der Waals surface area contributed by atoms with Crippen LogP contribution >= 0.6 is 11.8 Å². The van der Waals surface area contributed by atoms with Crippen molar-refractivity contribution in [3.63, 3.8) is 0 Å². The van der Waals surface area contributed by atoms with E-state index in [1.54, 1.807) is 11.8 Å². The van der Waals surface area contributed by atoms with Gasteiger partial charge < -0.3 is 4.74 Å². The monoisotopic (exact) mass is 333 g/mol. The Morgan fingerprint density at radius 1 is 1.17 bits per heavy atom. The average Bonchev–Trinajstić information content (AvgIpc) is 3.30. The van der Waals surface area contributed by atoms with Gasteiger partial charge in [0, 0.05) is 10.5 Å². The number of imide groups is 1.